The first-order chi connectivity index (χ1) is 14.2. The van der Waals surface area contributed by atoms with Gasteiger partial charge in [-0.2, -0.15) is 0 Å². The molecule has 0 aliphatic carbocycles. The molecule has 1 atom stereocenters. The van der Waals surface area contributed by atoms with Crippen LogP contribution in [0.3, 0.4) is 0 Å². The van der Waals surface area contributed by atoms with Gasteiger partial charge in [-0.3, -0.25) is 0 Å². The van der Waals surface area contributed by atoms with Gasteiger partial charge in [-0.1, -0.05) is 6.92 Å². The molecule has 0 heterocycles. The summed E-state index contributed by atoms with van der Waals surface area (Å²) in [6.45, 7) is 5.95. The Morgan fingerprint density at radius 1 is 0.655 bits per heavy atom. The number of hydrogen-bond donors (Lipinski definition) is 0. The molecule has 0 saturated carbocycles. The van der Waals surface area contributed by atoms with E-state index in [1.165, 1.54) is 0 Å². The third kappa shape index (κ3) is 9.06. The monoisotopic (exact) mass is 422 g/mol. The van der Waals surface area contributed by atoms with E-state index in [9.17, 15) is 4.55 Å². The van der Waals surface area contributed by atoms with E-state index >= 15 is 0 Å². The summed E-state index contributed by atoms with van der Waals surface area (Å²) in [7, 11) is 1.64. The van der Waals surface area contributed by atoms with Crippen LogP contribution < -0.4 is 9.47 Å². The van der Waals surface area contributed by atoms with Gasteiger partial charge >= 0.3 is 0 Å². The Morgan fingerprint density at radius 3 is 1.55 bits per heavy atom. The van der Waals surface area contributed by atoms with E-state index in [2.05, 4.69) is 6.92 Å². The third-order valence-electron chi connectivity index (χ3n) is 3.85. The molecule has 0 N–H and O–H groups in total. The molecule has 0 bridgehead atoms. The van der Waals surface area contributed by atoms with Crippen LogP contribution in [-0.2, 0) is 25.4 Å². The van der Waals surface area contributed by atoms with Gasteiger partial charge in [0, 0.05) is 24.9 Å². The molecule has 0 spiro atoms. The van der Waals surface area contributed by atoms with Gasteiger partial charge in [0.1, 0.15) is 24.7 Å². The van der Waals surface area contributed by atoms with E-state index in [1.807, 2.05) is 48.5 Å². The van der Waals surface area contributed by atoms with Crippen LogP contribution in [0.5, 0.6) is 11.5 Å². The molecular weight excluding hydrogens is 392 g/mol. The van der Waals surface area contributed by atoms with Crippen molar-refractivity contribution in [2.24, 2.45) is 0 Å². The minimum Gasteiger partial charge on any atom is -0.606 e. The van der Waals surface area contributed by atoms with Crippen molar-refractivity contribution < 1.29 is 28.2 Å². The van der Waals surface area contributed by atoms with Crippen LogP contribution in [0.4, 0.5) is 0 Å². The molecule has 2 aromatic rings. The fourth-order valence-corrected chi connectivity index (χ4v) is 3.42. The molecular formula is C22H30O6S. The number of methoxy groups -OCH3 is 1. The minimum absolute atomic E-state index is 0.455. The molecule has 0 fully saturated rings. The molecule has 0 aliphatic rings. The fourth-order valence-electron chi connectivity index (χ4n) is 2.38. The topological polar surface area (TPSA) is 69.2 Å². The quantitative estimate of drug-likeness (QED) is 0.322. The van der Waals surface area contributed by atoms with Crippen LogP contribution in [0.15, 0.2) is 58.3 Å². The second kappa shape index (κ2) is 14.3. The lowest BCUT2D eigenvalue weighted by Crippen LogP contribution is -2.10. The van der Waals surface area contributed by atoms with Gasteiger partial charge in [0.2, 0.25) is 0 Å². The highest BCUT2D eigenvalue weighted by Gasteiger charge is 2.15. The van der Waals surface area contributed by atoms with E-state index in [4.69, 9.17) is 23.7 Å². The van der Waals surface area contributed by atoms with Gasteiger partial charge < -0.3 is 28.2 Å². The zero-order valence-electron chi connectivity index (χ0n) is 17.1. The molecule has 0 aromatic heterocycles. The average Bonchev–Trinajstić information content (AvgIpc) is 2.76. The fraction of sp³-hybridized carbons (Fsp3) is 0.455. The molecule has 0 radical (unpaired) electrons. The van der Waals surface area contributed by atoms with Gasteiger partial charge in [0.05, 0.1) is 26.4 Å². The van der Waals surface area contributed by atoms with E-state index in [0.29, 0.717) is 39.6 Å². The Hall–Kier alpha value is -1.77. The average molecular weight is 423 g/mol. The number of hydrogen-bond acceptors (Lipinski definition) is 6. The summed E-state index contributed by atoms with van der Waals surface area (Å²) in [6, 6.07) is 14.5. The Kier molecular flexibility index (Phi) is 11.6. The maximum atomic E-state index is 12.7. The lowest BCUT2D eigenvalue weighted by atomic mass is 10.3. The van der Waals surface area contributed by atoms with E-state index in [1.54, 1.807) is 7.11 Å². The first kappa shape index (κ1) is 23.5. The first-order valence-electron chi connectivity index (χ1n) is 9.76. The lowest BCUT2D eigenvalue weighted by Gasteiger charge is -2.12. The molecule has 160 valence electrons. The van der Waals surface area contributed by atoms with Crippen molar-refractivity contribution in [3.05, 3.63) is 48.5 Å². The Balaban J connectivity index is 1.76. The molecule has 1 unspecified atom stereocenters. The number of benzene rings is 2. The van der Waals surface area contributed by atoms with Crippen LogP contribution in [0.2, 0.25) is 0 Å². The summed E-state index contributed by atoms with van der Waals surface area (Å²) >= 11 is -1.26. The van der Waals surface area contributed by atoms with E-state index in [0.717, 1.165) is 34.3 Å². The predicted octanol–water partition coefficient (Wildman–Crippen LogP) is 3.70. The molecule has 0 saturated heterocycles. The zero-order chi connectivity index (χ0) is 20.7. The second-order valence-corrected chi connectivity index (χ2v) is 7.61. The number of ether oxygens (including phenoxy) is 5. The molecule has 2 aromatic carbocycles. The highest BCUT2D eigenvalue weighted by atomic mass is 32.2. The van der Waals surface area contributed by atoms with Gasteiger partial charge in [-0.05, 0) is 55.0 Å². The van der Waals surface area contributed by atoms with Gasteiger partial charge in [-0.25, -0.2) is 0 Å². The van der Waals surface area contributed by atoms with Crippen molar-refractivity contribution in [2.75, 3.05) is 53.4 Å². The van der Waals surface area contributed by atoms with Crippen molar-refractivity contribution in [1.29, 1.82) is 0 Å². The molecule has 2 rings (SSSR count). The Morgan fingerprint density at radius 2 is 1.10 bits per heavy atom. The lowest BCUT2D eigenvalue weighted by molar-refractivity contribution is 0.0544. The number of rotatable bonds is 15. The van der Waals surface area contributed by atoms with E-state index in [-0.39, 0.29) is 0 Å². The SMILES string of the molecule is CCCOCCOc1ccc([S+]([O-])c2ccc(OCCOCCOC)cc2)cc1. The smallest absolute Gasteiger partial charge is 0.158 e. The van der Waals surface area contributed by atoms with Crippen LogP contribution in [-0.4, -0.2) is 57.9 Å². The highest BCUT2D eigenvalue weighted by molar-refractivity contribution is 7.91. The minimum atomic E-state index is -1.26. The molecule has 0 amide bonds. The van der Waals surface area contributed by atoms with Crippen molar-refractivity contribution in [1.82, 2.24) is 0 Å². The molecule has 0 aliphatic heterocycles. The third-order valence-corrected chi connectivity index (χ3v) is 5.25. The molecule has 6 nitrogen and oxygen atoms in total. The first-order valence-corrected chi connectivity index (χ1v) is 10.9. The summed E-state index contributed by atoms with van der Waals surface area (Å²) < 4.78 is 39.6. The Bertz CT molecular complexity index is 662. The second-order valence-electron chi connectivity index (χ2n) is 6.13. The Labute approximate surface area is 176 Å². The van der Waals surface area contributed by atoms with Crippen molar-refractivity contribution in [3.63, 3.8) is 0 Å². The van der Waals surface area contributed by atoms with Crippen LogP contribution in [0.1, 0.15) is 13.3 Å². The maximum Gasteiger partial charge on any atom is 0.158 e. The summed E-state index contributed by atoms with van der Waals surface area (Å²) in [5.41, 5.74) is 0. The summed E-state index contributed by atoms with van der Waals surface area (Å²) in [5.74, 6) is 1.46. The zero-order valence-corrected chi connectivity index (χ0v) is 17.9. The van der Waals surface area contributed by atoms with Crippen molar-refractivity contribution in [2.45, 2.75) is 23.1 Å². The van der Waals surface area contributed by atoms with Crippen molar-refractivity contribution in [3.8, 4) is 11.5 Å². The summed E-state index contributed by atoms with van der Waals surface area (Å²) in [4.78, 5) is 1.44. The highest BCUT2D eigenvalue weighted by Crippen LogP contribution is 2.24. The van der Waals surface area contributed by atoms with Crippen LogP contribution in [0.25, 0.3) is 0 Å². The largest absolute Gasteiger partial charge is 0.606 e. The van der Waals surface area contributed by atoms with Crippen molar-refractivity contribution >= 4 is 11.2 Å². The molecule has 7 heteroatoms. The predicted molar refractivity (Wildman–Crippen MR) is 112 cm³/mol. The maximum absolute atomic E-state index is 12.7. The normalized spacial score (nSPS) is 12.0. The summed E-state index contributed by atoms with van der Waals surface area (Å²) in [5, 5.41) is 0. The van der Waals surface area contributed by atoms with Gasteiger partial charge in [-0.15, -0.1) is 0 Å². The van der Waals surface area contributed by atoms with Gasteiger partial charge in [0.25, 0.3) is 0 Å². The van der Waals surface area contributed by atoms with Crippen LogP contribution >= 0.6 is 0 Å². The van der Waals surface area contributed by atoms with E-state index < -0.39 is 11.2 Å². The van der Waals surface area contributed by atoms with Crippen LogP contribution in [0, 0.1) is 0 Å². The van der Waals surface area contributed by atoms with Gasteiger partial charge in [0.15, 0.2) is 9.79 Å². The standard InChI is InChI=1S/C22H30O6S/c1-3-12-25-15-17-27-19-4-8-21(9-5-19)29(23)22-10-6-20(7-11-22)28-18-16-26-14-13-24-2/h4-11H,3,12-18H2,1-2H3. The summed E-state index contributed by atoms with van der Waals surface area (Å²) in [6.07, 6.45) is 0.997. The molecule has 29 heavy (non-hydrogen) atoms.